The molecule has 7 heteroatoms. The van der Waals surface area contributed by atoms with Crippen molar-refractivity contribution < 1.29 is 9.13 Å². The molecule has 130 valence electrons. The zero-order valence-corrected chi connectivity index (χ0v) is 14.5. The molecular formula is C18H19FN4OS. The van der Waals surface area contributed by atoms with E-state index >= 15 is 0 Å². The first kappa shape index (κ1) is 16.2. The molecule has 5 nitrogen and oxygen atoms in total. The van der Waals surface area contributed by atoms with E-state index in [0.29, 0.717) is 12.3 Å². The van der Waals surface area contributed by atoms with Crippen molar-refractivity contribution in [1.82, 2.24) is 15.2 Å². The summed E-state index contributed by atoms with van der Waals surface area (Å²) < 4.78 is 20.5. The van der Waals surface area contributed by atoms with Crippen LogP contribution < -0.4 is 4.90 Å². The number of nitrogens with one attached hydrogen (secondary N) is 1. The minimum Gasteiger partial charge on any atom is -0.372 e. The Balaban J connectivity index is 1.36. The van der Waals surface area contributed by atoms with Crippen molar-refractivity contribution in [3.05, 3.63) is 53.0 Å². The molecule has 4 rings (SSSR count). The summed E-state index contributed by atoms with van der Waals surface area (Å²) in [6.45, 7) is 2.15. The number of hydrogen-bond donors (Lipinski definition) is 1. The Morgan fingerprint density at radius 1 is 1.28 bits per heavy atom. The number of rotatable bonds is 5. The fourth-order valence-electron chi connectivity index (χ4n) is 3.13. The van der Waals surface area contributed by atoms with Gasteiger partial charge in [-0.3, -0.25) is 5.10 Å². The molecule has 25 heavy (non-hydrogen) atoms. The number of anilines is 1. The van der Waals surface area contributed by atoms with Gasteiger partial charge in [-0.15, -0.1) is 11.3 Å². The summed E-state index contributed by atoms with van der Waals surface area (Å²) in [7, 11) is 0. The molecule has 1 aliphatic rings. The number of thiazole rings is 1. The Labute approximate surface area is 149 Å². The lowest BCUT2D eigenvalue weighted by Gasteiger charge is -2.33. The van der Waals surface area contributed by atoms with Crippen LogP contribution in [0.2, 0.25) is 0 Å². The maximum atomic E-state index is 14.5. The smallest absolute Gasteiger partial charge is 0.147 e. The molecule has 0 bridgehead atoms. The minimum atomic E-state index is -0.194. The topological polar surface area (TPSA) is 54.0 Å². The van der Waals surface area contributed by atoms with Gasteiger partial charge in [-0.05, 0) is 30.5 Å². The molecule has 1 aliphatic heterocycles. The van der Waals surface area contributed by atoms with Crippen LogP contribution in [0.4, 0.5) is 10.1 Å². The fraction of sp³-hybridized carbons (Fsp3) is 0.333. The van der Waals surface area contributed by atoms with Crippen LogP contribution in [0.25, 0.3) is 11.1 Å². The number of benzene rings is 1. The summed E-state index contributed by atoms with van der Waals surface area (Å²) in [5, 5.41) is 8.67. The van der Waals surface area contributed by atoms with E-state index < -0.39 is 0 Å². The van der Waals surface area contributed by atoms with Crippen LogP contribution in [0.3, 0.4) is 0 Å². The number of H-pyrrole nitrogens is 1. The first-order valence-electron chi connectivity index (χ1n) is 8.32. The lowest BCUT2D eigenvalue weighted by molar-refractivity contribution is 0.0236. The predicted molar refractivity (Wildman–Crippen MR) is 96.1 cm³/mol. The van der Waals surface area contributed by atoms with Gasteiger partial charge in [0.25, 0.3) is 0 Å². The monoisotopic (exact) mass is 358 g/mol. The van der Waals surface area contributed by atoms with E-state index in [9.17, 15) is 4.39 Å². The molecule has 1 fully saturated rings. The SMILES string of the molecule is Fc1cc(-c2cn[nH]c2)ccc1N1CCC(OCc2cscn2)CC1. The Morgan fingerprint density at radius 2 is 2.16 bits per heavy atom. The summed E-state index contributed by atoms with van der Waals surface area (Å²) in [5.74, 6) is -0.194. The molecule has 2 aromatic heterocycles. The molecule has 0 amide bonds. The molecule has 0 saturated carbocycles. The Morgan fingerprint density at radius 3 is 2.84 bits per heavy atom. The average molecular weight is 358 g/mol. The quantitative estimate of drug-likeness (QED) is 0.752. The largest absolute Gasteiger partial charge is 0.372 e. The highest BCUT2D eigenvalue weighted by molar-refractivity contribution is 7.07. The Hall–Kier alpha value is -2.25. The van der Waals surface area contributed by atoms with Gasteiger partial charge in [-0.1, -0.05) is 6.07 Å². The zero-order chi connectivity index (χ0) is 17.1. The van der Waals surface area contributed by atoms with E-state index in [1.54, 1.807) is 29.8 Å². The molecule has 0 radical (unpaired) electrons. The van der Waals surface area contributed by atoms with Crippen LogP contribution in [0.1, 0.15) is 18.5 Å². The van der Waals surface area contributed by atoms with Gasteiger partial charge in [0.05, 0.1) is 35.8 Å². The average Bonchev–Trinajstić information content (AvgIpc) is 3.34. The summed E-state index contributed by atoms with van der Waals surface area (Å²) >= 11 is 1.58. The van der Waals surface area contributed by atoms with Crippen molar-refractivity contribution in [2.24, 2.45) is 0 Å². The fourth-order valence-corrected chi connectivity index (χ4v) is 3.67. The van der Waals surface area contributed by atoms with E-state index in [-0.39, 0.29) is 11.9 Å². The van der Waals surface area contributed by atoms with Crippen LogP contribution in [0, 0.1) is 5.82 Å². The highest BCUT2D eigenvalue weighted by Crippen LogP contribution is 2.28. The van der Waals surface area contributed by atoms with Gasteiger partial charge in [0.1, 0.15) is 5.82 Å². The zero-order valence-electron chi connectivity index (χ0n) is 13.7. The first-order chi connectivity index (χ1) is 12.3. The summed E-state index contributed by atoms with van der Waals surface area (Å²) in [5.41, 5.74) is 5.17. The Bertz CT molecular complexity index is 799. The van der Waals surface area contributed by atoms with E-state index in [1.165, 1.54) is 0 Å². The number of aromatic amines is 1. The molecule has 0 unspecified atom stereocenters. The van der Waals surface area contributed by atoms with Gasteiger partial charge in [-0.25, -0.2) is 9.37 Å². The summed E-state index contributed by atoms with van der Waals surface area (Å²) in [6, 6.07) is 5.37. The second kappa shape index (κ2) is 7.33. The molecule has 3 aromatic rings. The molecule has 1 aromatic carbocycles. The molecule has 1 saturated heterocycles. The van der Waals surface area contributed by atoms with Gasteiger partial charge >= 0.3 is 0 Å². The first-order valence-corrected chi connectivity index (χ1v) is 9.26. The lowest BCUT2D eigenvalue weighted by atomic mass is 10.0. The molecule has 3 heterocycles. The van der Waals surface area contributed by atoms with Crippen LogP contribution in [0.15, 0.2) is 41.5 Å². The summed E-state index contributed by atoms with van der Waals surface area (Å²) in [6.07, 6.45) is 5.46. The predicted octanol–water partition coefficient (Wildman–Crippen LogP) is 3.86. The third-order valence-electron chi connectivity index (χ3n) is 4.51. The number of aromatic nitrogens is 3. The molecular weight excluding hydrogens is 339 g/mol. The van der Waals surface area contributed by atoms with Crippen molar-refractivity contribution in [2.45, 2.75) is 25.6 Å². The lowest BCUT2D eigenvalue weighted by Crippen LogP contribution is -2.37. The molecule has 1 N–H and O–H groups in total. The van der Waals surface area contributed by atoms with Crippen LogP contribution in [0.5, 0.6) is 0 Å². The normalized spacial score (nSPS) is 15.6. The van der Waals surface area contributed by atoms with E-state index in [0.717, 1.165) is 42.8 Å². The second-order valence-electron chi connectivity index (χ2n) is 6.13. The van der Waals surface area contributed by atoms with E-state index in [4.69, 9.17) is 4.74 Å². The van der Waals surface area contributed by atoms with Gasteiger partial charge in [0.2, 0.25) is 0 Å². The third kappa shape index (κ3) is 3.72. The number of piperidine rings is 1. The highest BCUT2D eigenvalue weighted by atomic mass is 32.1. The maximum Gasteiger partial charge on any atom is 0.147 e. The third-order valence-corrected chi connectivity index (χ3v) is 5.15. The van der Waals surface area contributed by atoms with Crippen molar-refractivity contribution >= 4 is 17.0 Å². The minimum absolute atomic E-state index is 0.194. The van der Waals surface area contributed by atoms with E-state index in [1.807, 2.05) is 23.0 Å². The highest BCUT2D eigenvalue weighted by Gasteiger charge is 2.22. The van der Waals surface area contributed by atoms with Crippen LogP contribution >= 0.6 is 11.3 Å². The number of halogens is 1. The van der Waals surface area contributed by atoms with E-state index in [2.05, 4.69) is 20.1 Å². The molecule has 0 aliphatic carbocycles. The van der Waals surface area contributed by atoms with Crippen molar-refractivity contribution in [3.8, 4) is 11.1 Å². The van der Waals surface area contributed by atoms with Gasteiger partial charge in [-0.2, -0.15) is 5.10 Å². The van der Waals surface area contributed by atoms with Crippen LogP contribution in [-0.4, -0.2) is 34.4 Å². The second-order valence-corrected chi connectivity index (χ2v) is 6.85. The number of hydrogen-bond acceptors (Lipinski definition) is 5. The van der Waals surface area contributed by atoms with Crippen LogP contribution in [-0.2, 0) is 11.3 Å². The van der Waals surface area contributed by atoms with Crippen molar-refractivity contribution in [1.29, 1.82) is 0 Å². The molecule has 0 atom stereocenters. The Kier molecular flexibility index (Phi) is 4.76. The van der Waals surface area contributed by atoms with Gasteiger partial charge in [0.15, 0.2) is 0 Å². The number of nitrogens with zero attached hydrogens (tertiary/aromatic N) is 3. The molecule has 0 spiro atoms. The standard InChI is InChI=1S/C18H19FN4OS/c19-17-7-13(14-8-21-22-9-14)1-2-18(17)23-5-3-16(4-6-23)24-10-15-11-25-12-20-15/h1-2,7-9,11-12,16H,3-6,10H2,(H,21,22). The maximum absolute atomic E-state index is 14.5. The van der Waals surface area contributed by atoms with Crippen molar-refractivity contribution in [3.63, 3.8) is 0 Å². The van der Waals surface area contributed by atoms with Gasteiger partial charge in [0, 0.05) is 30.2 Å². The summed E-state index contributed by atoms with van der Waals surface area (Å²) in [4.78, 5) is 6.33. The van der Waals surface area contributed by atoms with Gasteiger partial charge < -0.3 is 9.64 Å². The number of ether oxygens (including phenoxy) is 1. The van der Waals surface area contributed by atoms with Crippen molar-refractivity contribution in [2.75, 3.05) is 18.0 Å².